The van der Waals surface area contributed by atoms with Crippen molar-refractivity contribution in [3.63, 3.8) is 0 Å². The van der Waals surface area contributed by atoms with E-state index in [1.54, 1.807) is 0 Å². The van der Waals surface area contributed by atoms with Crippen molar-refractivity contribution in [2.75, 3.05) is 6.54 Å². The molecule has 0 bridgehead atoms. The fourth-order valence-corrected chi connectivity index (χ4v) is 0.836. The molecule has 12 heavy (non-hydrogen) atoms. The summed E-state index contributed by atoms with van der Waals surface area (Å²) in [7, 11) is 0. The quantitative estimate of drug-likeness (QED) is 0.515. The van der Waals surface area contributed by atoms with E-state index in [1.807, 2.05) is 43.5 Å². The lowest BCUT2D eigenvalue weighted by molar-refractivity contribution is 1.26. The Kier molecular flexibility index (Phi) is 3.27. The van der Waals surface area contributed by atoms with Crippen LogP contribution in [0.15, 0.2) is 53.1 Å². The number of nitrogens with zero attached hydrogens (tertiary/aromatic N) is 1. The first kappa shape index (κ1) is 8.72. The predicted molar refractivity (Wildman–Crippen MR) is 54.5 cm³/mol. The summed E-state index contributed by atoms with van der Waals surface area (Å²) in [6, 6.07) is 0. The highest BCUT2D eigenvalue weighted by atomic mass is 14.7. The van der Waals surface area contributed by atoms with Crippen LogP contribution >= 0.6 is 0 Å². The Balaban J connectivity index is 2.83. The molecule has 0 amide bonds. The van der Waals surface area contributed by atoms with Gasteiger partial charge in [0.15, 0.2) is 0 Å². The maximum atomic E-state index is 4.15. The molecule has 62 valence electrons. The highest BCUT2D eigenvalue weighted by molar-refractivity contribution is 5.74. The van der Waals surface area contributed by atoms with Crippen molar-refractivity contribution in [1.82, 2.24) is 0 Å². The molecule has 1 heteroatoms. The molecule has 1 rings (SSSR count). The van der Waals surface area contributed by atoms with E-state index in [9.17, 15) is 0 Å². The molecular formula is C11H13N. The van der Waals surface area contributed by atoms with Gasteiger partial charge in [-0.15, -0.1) is 0 Å². The molecule has 0 aromatic rings. The molecule has 1 aliphatic rings. The minimum absolute atomic E-state index is 0.751. The Morgan fingerprint density at radius 3 is 3.08 bits per heavy atom. The lowest BCUT2D eigenvalue weighted by atomic mass is 10.1. The van der Waals surface area contributed by atoms with E-state index in [0.717, 1.165) is 17.7 Å². The topological polar surface area (TPSA) is 12.4 Å². The van der Waals surface area contributed by atoms with Gasteiger partial charge >= 0.3 is 0 Å². The Morgan fingerprint density at radius 2 is 2.25 bits per heavy atom. The average molecular weight is 159 g/mol. The highest BCUT2D eigenvalue weighted by Gasteiger charge is 1.89. The van der Waals surface area contributed by atoms with Gasteiger partial charge in [-0.1, -0.05) is 30.9 Å². The molecule has 1 nitrogen and oxygen atoms in total. The smallest absolute Gasteiger partial charge is 0.0573 e. The van der Waals surface area contributed by atoms with Crippen LogP contribution in [0, 0.1) is 0 Å². The third-order valence-corrected chi connectivity index (χ3v) is 1.69. The molecule has 0 aromatic carbocycles. The van der Waals surface area contributed by atoms with Crippen molar-refractivity contribution < 1.29 is 0 Å². The maximum absolute atomic E-state index is 4.15. The van der Waals surface area contributed by atoms with Crippen molar-refractivity contribution in [1.29, 1.82) is 0 Å². The summed E-state index contributed by atoms with van der Waals surface area (Å²) in [5.74, 6) is 0. The molecule has 0 fully saturated rings. The Morgan fingerprint density at radius 1 is 1.42 bits per heavy atom. The Labute approximate surface area is 73.5 Å². The fraction of sp³-hybridized carbons (Fsp3) is 0.182. The van der Waals surface area contributed by atoms with Gasteiger partial charge in [0.2, 0.25) is 0 Å². The van der Waals surface area contributed by atoms with E-state index in [2.05, 4.69) is 11.6 Å². The largest absolute Gasteiger partial charge is 0.289 e. The zero-order valence-electron chi connectivity index (χ0n) is 7.33. The predicted octanol–water partition coefficient (Wildman–Crippen LogP) is 2.69. The minimum atomic E-state index is 0.751. The molecule has 1 heterocycles. The molecule has 0 aliphatic carbocycles. The molecule has 0 unspecified atom stereocenters. The SMILES string of the molecule is C=C1/C=C\C=C/CN=CC=C1C. The van der Waals surface area contributed by atoms with Crippen molar-refractivity contribution in [2.45, 2.75) is 6.92 Å². The van der Waals surface area contributed by atoms with Gasteiger partial charge in [-0.05, 0) is 24.1 Å². The van der Waals surface area contributed by atoms with Crippen LogP contribution in [0.4, 0.5) is 0 Å². The van der Waals surface area contributed by atoms with E-state index in [1.165, 1.54) is 0 Å². The Bertz CT molecular complexity index is 277. The van der Waals surface area contributed by atoms with Crippen molar-refractivity contribution in [2.24, 2.45) is 4.99 Å². The summed E-state index contributed by atoms with van der Waals surface area (Å²) in [4.78, 5) is 4.15. The Hall–Kier alpha value is -1.37. The van der Waals surface area contributed by atoms with E-state index < -0.39 is 0 Å². The standard InChI is InChI=1S/C11H13N/c1-10-6-4-3-5-8-12-9-7-11(10)2/h3-7,9H,1,8H2,2H3/b5-3-,6-4-,11-7?,12-9?. The average Bonchev–Trinajstić information content (AvgIpc) is 2.08. The second kappa shape index (κ2) is 4.50. The second-order valence-corrected chi connectivity index (χ2v) is 2.68. The molecule has 1 aliphatic heterocycles. The van der Waals surface area contributed by atoms with Crippen molar-refractivity contribution in [3.8, 4) is 0 Å². The van der Waals surface area contributed by atoms with Gasteiger partial charge < -0.3 is 0 Å². The fourth-order valence-electron chi connectivity index (χ4n) is 0.836. The molecule has 0 N–H and O–H groups in total. The monoisotopic (exact) mass is 159 g/mol. The van der Waals surface area contributed by atoms with Crippen molar-refractivity contribution >= 4 is 6.21 Å². The number of rotatable bonds is 0. The first-order valence-electron chi connectivity index (χ1n) is 4.00. The highest BCUT2D eigenvalue weighted by Crippen LogP contribution is 2.07. The van der Waals surface area contributed by atoms with E-state index >= 15 is 0 Å². The van der Waals surface area contributed by atoms with Gasteiger partial charge in [0.25, 0.3) is 0 Å². The molecule has 0 atom stereocenters. The summed E-state index contributed by atoms with van der Waals surface area (Å²) in [6.45, 7) is 6.70. The number of hydrogen-bond acceptors (Lipinski definition) is 1. The molecule has 0 saturated carbocycles. The number of hydrogen-bond donors (Lipinski definition) is 0. The van der Waals surface area contributed by atoms with Gasteiger partial charge in [-0.3, -0.25) is 4.99 Å². The first-order valence-corrected chi connectivity index (χ1v) is 4.00. The molecular weight excluding hydrogens is 146 g/mol. The van der Waals surface area contributed by atoms with Crippen LogP contribution in [-0.4, -0.2) is 12.8 Å². The van der Waals surface area contributed by atoms with Crippen LogP contribution < -0.4 is 0 Å². The minimum Gasteiger partial charge on any atom is -0.289 e. The third-order valence-electron chi connectivity index (χ3n) is 1.69. The summed E-state index contributed by atoms with van der Waals surface area (Å²) >= 11 is 0. The normalized spacial score (nSPS) is 23.1. The van der Waals surface area contributed by atoms with Gasteiger partial charge in [-0.25, -0.2) is 0 Å². The molecule has 0 aromatic heterocycles. The summed E-state index contributed by atoms with van der Waals surface area (Å²) in [5, 5.41) is 0. The zero-order chi connectivity index (χ0) is 8.81. The van der Waals surface area contributed by atoms with Crippen LogP contribution in [0.1, 0.15) is 6.92 Å². The van der Waals surface area contributed by atoms with Gasteiger partial charge in [-0.2, -0.15) is 0 Å². The summed E-state index contributed by atoms with van der Waals surface area (Å²) < 4.78 is 0. The second-order valence-electron chi connectivity index (χ2n) is 2.68. The van der Waals surface area contributed by atoms with Crippen LogP contribution in [0.3, 0.4) is 0 Å². The van der Waals surface area contributed by atoms with Gasteiger partial charge in [0.05, 0.1) is 6.54 Å². The lowest BCUT2D eigenvalue weighted by Gasteiger charge is -1.97. The van der Waals surface area contributed by atoms with E-state index in [4.69, 9.17) is 0 Å². The lowest BCUT2D eigenvalue weighted by Crippen LogP contribution is -1.82. The third kappa shape index (κ3) is 2.70. The van der Waals surface area contributed by atoms with Crippen LogP contribution in [0.2, 0.25) is 0 Å². The molecule has 0 saturated heterocycles. The first-order chi connectivity index (χ1) is 5.80. The van der Waals surface area contributed by atoms with Crippen molar-refractivity contribution in [3.05, 3.63) is 48.1 Å². The number of aliphatic imine (C=N–C) groups is 1. The zero-order valence-corrected chi connectivity index (χ0v) is 7.33. The van der Waals surface area contributed by atoms with E-state index in [-0.39, 0.29) is 0 Å². The maximum Gasteiger partial charge on any atom is 0.0573 e. The summed E-state index contributed by atoms with van der Waals surface area (Å²) in [6.07, 6.45) is 11.8. The van der Waals surface area contributed by atoms with Gasteiger partial charge in [0, 0.05) is 6.21 Å². The van der Waals surface area contributed by atoms with E-state index in [0.29, 0.717) is 0 Å². The summed E-state index contributed by atoms with van der Waals surface area (Å²) in [5.41, 5.74) is 2.19. The molecule has 0 spiro atoms. The van der Waals surface area contributed by atoms with Gasteiger partial charge in [0.1, 0.15) is 0 Å². The number of allylic oxidation sites excluding steroid dienone is 6. The van der Waals surface area contributed by atoms with Crippen LogP contribution in [0.25, 0.3) is 0 Å². The van der Waals surface area contributed by atoms with Crippen LogP contribution in [0.5, 0.6) is 0 Å². The van der Waals surface area contributed by atoms with Crippen LogP contribution in [-0.2, 0) is 0 Å². The molecule has 0 radical (unpaired) electrons.